The monoisotopic (exact) mass is 449 g/mol. The summed E-state index contributed by atoms with van der Waals surface area (Å²) in [6, 6.07) is 11.3. The fraction of sp³-hybridized carbons (Fsp3) is 0.333. The third-order valence-corrected chi connectivity index (χ3v) is 7.41. The largest absolute Gasteiger partial charge is 0.346 e. The molecule has 2 amide bonds. The van der Waals surface area contributed by atoms with E-state index >= 15 is 0 Å². The minimum absolute atomic E-state index is 0.0664. The summed E-state index contributed by atoms with van der Waals surface area (Å²) >= 11 is 5.80. The number of nitrogens with zero attached hydrogens (tertiary/aromatic N) is 1. The van der Waals surface area contributed by atoms with Crippen molar-refractivity contribution in [3.8, 4) is 0 Å². The number of hydrogen-bond acceptors (Lipinski definition) is 4. The quantitative estimate of drug-likeness (QED) is 0.686. The van der Waals surface area contributed by atoms with E-state index in [1.54, 1.807) is 43.3 Å². The predicted molar refractivity (Wildman–Crippen MR) is 116 cm³/mol. The molecule has 0 radical (unpaired) electrons. The average Bonchev–Trinajstić information content (AvgIpc) is 3.19. The van der Waals surface area contributed by atoms with Crippen LogP contribution in [-0.4, -0.2) is 43.7 Å². The summed E-state index contributed by atoms with van der Waals surface area (Å²) in [7, 11) is -3.69. The van der Waals surface area contributed by atoms with E-state index in [1.165, 1.54) is 4.31 Å². The molecule has 9 heteroatoms. The van der Waals surface area contributed by atoms with Gasteiger partial charge in [0, 0.05) is 29.8 Å². The third-order valence-electron chi connectivity index (χ3n) is 5.06. The summed E-state index contributed by atoms with van der Waals surface area (Å²) in [5.41, 5.74) is 1.99. The molecule has 1 saturated heterocycles. The summed E-state index contributed by atoms with van der Waals surface area (Å²) in [5.74, 6) is -1.64. The van der Waals surface area contributed by atoms with Gasteiger partial charge in [0.25, 0.3) is 0 Å². The van der Waals surface area contributed by atoms with E-state index in [0.29, 0.717) is 35.7 Å². The van der Waals surface area contributed by atoms with Crippen molar-refractivity contribution in [2.45, 2.75) is 37.6 Å². The van der Waals surface area contributed by atoms with E-state index in [0.717, 1.165) is 5.56 Å². The molecule has 0 bridgehead atoms. The molecule has 0 aromatic heterocycles. The number of hydrogen-bond donors (Lipinski definition) is 2. The van der Waals surface area contributed by atoms with Gasteiger partial charge in [0.1, 0.15) is 0 Å². The Kier molecular flexibility index (Phi) is 6.80. The van der Waals surface area contributed by atoms with Gasteiger partial charge < -0.3 is 10.6 Å². The predicted octanol–water partition coefficient (Wildman–Crippen LogP) is 2.86. The lowest BCUT2D eigenvalue weighted by atomic mass is 10.2. The Bertz CT molecular complexity index is 1050. The van der Waals surface area contributed by atoms with Crippen molar-refractivity contribution in [3.63, 3.8) is 0 Å². The first-order valence-electron chi connectivity index (χ1n) is 9.62. The van der Waals surface area contributed by atoms with Crippen molar-refractivity contribution in [3.05, 3.63) is 58.6 Å². The number of benzene rings is 2. The van der Waals surface area contributed by atoms with Gasteiger partial charge in [-0.2, -0.15) is 4.31 Å². The van der Waals surface area contributed by atoms with Crippen molar-refractivity contribution in [1.82, 2.24) is 9.62 Å². The second-order valence-electron chi connectivity index (χ2n) is 7.35. The molecular formula is C21H24ClN3O4S. The van der Waals surface area contributed by atoms with E-state index in [4.69, 9.17) is 11.6 Å². The molecule has 30 heavy (non-hydrogen) atoms. The van der Waals surface area contributed by atoms with E-state index in [9.17, 15) is 18.0 Å². The SMILES string of the molecule is Cc1ccc(C)c(S(=O)(=O)N2CCCC2CNC(=O)C(=O)Nc2ccc(Cl)cc2)c1. The second-order valence-corrected chi connectivity index (χ2v) is 9.65. The van der Waals surface area contributed by atoms with Crippen LogP contribution in [0.5, 0.6) is 0 Å². The van der Waals surface area contributed by atoms with Crippen LogP contribution < -0.4 is 10.6 Å². The molecule has 0 saturated carbocycles. The maximum absolute atomic E-state index is 13.2. The second kappa shape index (κ2) is 9.16. The molecule has 2 N–H and O–H groups in total. The molecule has 1 atom stereocenters. The summed E-state index contributed by atoms with van der Waals surface area (Å²) in [6.45, 7) is 4.06. The van der Waals surface area contributed by atoms with E-state index < -0.39 is 27.9 Å². The molecule has 1 fully saturated rings. The molecule has 3 rings (SSSR count). The van der Waals surface area contributed by atoms with Gasteiger partial charge in [0.05, 0.1) is 4.90 Å². The van der Waals surface area contributed by atoms with Gasteiger partial charge in [0.15, 0.2) is 0 Å². The van der Waals surface area contributed by atoms with Crippen LogP contribution in [0.4, 0.5) is 5.69 Å². The van der Waals surface area contributed by atoms with Crippen LogP contribution in [0.1, 0.15) is 24.0 Å². The highest BCUT2D eigenvalue weighted by molar-refractivity contribution is 7.89. The number of halogens is 1. The minimum atomic E-state index is -3.69. The summed E-state index contributed by atoms with van der Waals surface area (Å²) in [6.07, 6.45) is 1.31. The Morgan fingerprint density at radius 2 is 1.80 bits per heavy atom. The van der Waals surface area contributed by atoms with Crippen LogP contribution in [0.2, 0.25) is 5.02 Å². The highest BCUT2D eigenvalue weighted by atomic mass is 35.5. The highest BCUT2D eigenvalue weighted by Crippen LogP contribution is 2.28. The number of nitrogens with one attached hydrogen (secondary N) is 2. The number of anilines is 1. The highest BCUT2D eigenvalue weighted by Gasteiger charge is 2.36. The molecule has 1 heterocycles. The fourth-order valence-electron chi connectivity index (χ4n) is 3.45. The zero-order chi connectivity index (χ0) is 21.9. The smallest absolute Gasteiger partial charge is 0.313 e. The first-order chi connectivity index (χ1) is 14.2. The van der Waals surface area contributed by atoms with Crippen molar-refractivity contribution in [1.29, 1.82) is 0 Å². The van der Waals surface area contributed by atoms with Crippen LogP contribution >= 0.6 is 11.6 Å². The molecular weight excluding hydrogens is 426 g/mol. The lowest BCUT2D eigenvalue weighted by molar-refractivity contribution is -0.136. The summed E-state index contributed by atoms with van der Waals surface area (Å²) in [4.78, 5) is 24.6. The van der Waals surface area contributed by atoms with E-state index in [-0.39, 0.29) is 11.4 Å². The van der Waals surface area contributed by atoms with Crippen LogP contribution in [0.3, 0.4) is 0 Å². The Morgan fingerprint density at radius 1 is 1.10 bits per heavy atom. The van der Waals surface area contributed by atoms with Crippen LogP contribution in [0.15, 0.2) is 47.4 Å². The van der Waals surface area contributed by atoms with Crippen molar-refractivity contribution < 1.29 is 18.0 Å². The van der Waals surface area contributed by atoms with Crippen molar-refractivity contribution in [2.24, 2.45) is 0 Å². The number of rotatable bonds is 5. The van der Waals surface area contributed by atoms with Gasteiger partial charge in [-0.15, -0.1) is 0 Å². The Hall–Kier alpha value is -2.42. The number of carbonyl (C=O) groups is 2. The normalized spacial score (nSPS) is 17.0. The maximum Gasteiger partial charge on any atom is 0.313 e. The van der Waals surface area contributed by atoms with Gasteiger partial charge in [-0.1, -0.05) is 23.7 Å². The maximum atomic E-state index is 13.2. The van der Waals surface area contributed by atoms with Crippen molar-refractivity contribution in [2.75, 3.05) is 18.4 Å². The summed E-state index contributed by atoms with van der Waals surface area (Å²) in [5, 5.41) is 5.55. The lowest BCUT2D eigenvalue weighted by Gasteiger charge is -2.25. The molecule has 1 aliphatic rings. The van der Waals surface area contributed by atoms with Crippen LogP contribution in [0, 0.1) is 13.8 Å². The molecule has 0 aliphatic carbocycles. The molecule has 0 spiro atoms. The molecule has 2 aromatic rings. The lowest BCUT2D eigenvalue weighted by Crippen LogP contribution is -2.45. The zero-order valence-corrected chi connectivity index (χ0v) is 18.4. The third kappa shape index (κ3) is 5.00. The Balaban J connectivity index is 1.64. The van der Waals surface area contributed by atoms with Gasteiger partial charge in [-0.3, -0.25) is 9.59 Å². The van der Waals surface area contributed by atoms with Gasteiger partial charge in [-0.05, 0) is 68.1 Å². The first kappa shape index (κ1) is 22.3. The number of amides is 2. The van der Waals surface area contributed by atoms with Gasteiger partial charge in [-0.25, -0.2) is 8.42 Å². The van der Waals surface area contributed by atoms with E-state index in [1.807, 2.05) is 13.0 Å². The fourth-order valence-corrected chi connectivity index (χ4v) is 5.58. The Labute approximate surface area is 181 Å². The standard InChI is InChI=1S/C21H24ClN3O4S/c1-14-5-6-15(2)19(12-14)30(28,29)25-11-3-4-18(25)13-23-20(26)21(27)24-17-9-7-16(22)8-10-17/h5-10,12,18H,3-4,11,13H2,1-2H3,(H,23,26)(H,24,27). The molecule has 7 nitrogen and oxygen atoms in total. The van der Waals surface area contributed by atoms with Crippen LogP contribution in [-0.2, 0) is 19.6 Å². The van der Waals surface area contributed by atoms with Gasteiger partial charge >= 0.3 is 11.8 Å². The zero-order valence-electron chi connectivity index (χ0n) is 16.8. The molecule has 1 aliphatic heterocycles. The van der Waals surface area contributed by atoms with Gasteiger partial charge in [0.2, 0.25) is 10.0 Å². The summed E-state index contributed by atoms with van der Waals surface area (Å²) < 4.78 is 27.8. The topological polar surface area (TPSA) is 95.6 Å². The molecule has 160 valence electrons. The van der Waals surface area contributed by atoms with Crippen molar-refractivity contribution >= 4 is 39.1 Å². The molecule has 1 unspecified atom stereocenters. The first-order valence-corrected chi connectivity index (χ1v) is 11.4. The number of aryl methyl sites for hydroxylation is 2. The minimum Gasteiger partial charge on any atom is -0.346 e. The van der Waals surface area contributed by atoms with Crippen LogP contribution in [0.25, 0.3) is 0 Å². The average molecular weight is 450 g/mol. The molecule has 2 aromatic carbocycles. The van der Waals surface area contributed by atoms with E-state index in [2.05, 4.69) is 10.6 Å². The number of sulfonamides is 1. The Morgan fingerprint density at radius 3 is 2.50 bits per heavy atom. The number of carbonyl (C=O) groups excluding carboxylic acids is 2.